The van der Waals surface area contributed by atoms with E-state index in [0.29, 0.717) is 31.4 Å². The Hall–Kier alpha value is -2.35. The fourth-order valence-electron chi connectivity index (χ4n) is 3.60. The van der Waals surface area contributed by atoms with Gasteiger partial charge >= 0.3 is 12.1 Å². The van der Waals surface area contributed by atoms with Crippen molar-refractivity contribution in [3.8, 4) is 0 Å². The molecule has 2 rings (SSSR count). The van der Waals surface area contributed by atoms with E-state index >= 15 is 0 Å². The molecule has 1 aliphatic rings. The molecule has 1 aromatic carbocycles. The van der Waals surface area contributed by atoms with Crippen molar-refractivity contribution in [2.24, 2.45) is 0 Å². The number of aliphatic hydroxyl groups excluding tert-OH is 1. The molecule has 1 amide bonds. The summed E-state index contributed by atoms with van der Waals surface area (Å²) in [5.74, 6) is -0.763. The SMILES string of the molecule is O=C(O)CCCCCCN1C(=O)CC[C@H]1/C=C/C(O)Cc1cccc(C(F)(F)F)c1. The molecule has 0 bridgehead atoms. The summed E-state index contributed by atoms with van der Waals surface area (Å²) >= 11 is 0. The fraction of sp³-hybridized carbons (Fsp3) is 0.545. The Morgan fingerprint density at radius 1 is 1.23 bits per heavy atom. The number of carboxylic acids is 1. The number of aliphatic carboxylic acids is 1. The Labute approximate surface area is 174 Å². The molecule has 1 aliphatic heterocycles. The molecule has 0 radical (unpaired) electrons. The number of unbranched alkanes of at least 4 members (excludes halogenated alkanes) is 3. The molecule has 1 heterocycles. The molecule has 30 heavy (non-hydrogen) atoms. The number of rotatable bonds is 11. The second kappa shape index (κ2) is 11.2. The second-order valence-electron chi connectivity index (χ2n) is 7.61. The van der Waals surface area contributed by atoms with Gasteiger partial charge in [0.1, 0.15) is 0 Å². The van der Waals surface area contributed by atoms with Gasteiger partial charge in [-0.15, -0.1) is 0 Å². The predicted octanol–water partition coefficient (Wildman–Crippen LogP) is 4.19. The van der Waals surface area contributed by atoms with Crippen LogP contribution in [0.2, 0.25) is 0 Å². The Morgan fingerprint density at radius 2 is 1.97 bits per heavy atom. The van der Waals surface area contributed by atoms with E-state index in [-0.39, 0.29) is 24.8 Å². The van der Waals surface area contributed by atoms with Gasteiger partial charge < -0.3 is 15.1 Å². The summed E-state index contributed by atoms with van der Waals surface area (Å²) in [4.78, 5) is 24.4. The highest BCUT2D eigenvalue weighted by molar-refractivity contribution is 5.79. The van der Waals surface area contributed by atoms with Crippen LogP contribution in [0.1, 0.15) is 56.1 Å². The average molecular weight is 427 g/mol. The van der Waals surface area contributed by atoms with E-state index in [9.17, 15) is 27.9 Å². The maximum atomic E-state index is 12.8. The standard InChI is InChI=1S/C22H28F3NO4/c23-22(24,25)17-7-5-6-16(14-17)15-19(27)11-9-18-10-12-20(28)26(18)13-4-2-1-3-8-21(29)30/h5-7,9,11,14,18-19,27H,1-4,8,10,12-13,15H2,(H,29,30)/b11-9+/t18-,19?/m1/s1. The van der Waals surface area contributed by atoms with E-state index in [1.54, 1.807) is 23.1 Å². The molecule has 2 N–H and O–H groups in total. The first-order chi connectivity index (χ1) is 14.2. The number of carbonyl (C=O) groups is 2. The summed E-state index contributed by atoms with van der Waals surface area (Å²) in [5.41, 5.74) is -0.352. The molecule has 1 saturated heterocycles. The molecule has 2 atom stereocenters. The van der Waals surface area contributed by atoms with E-state index in [2.05, 4.69) is 0 Å². The quantitative estimate of drug-likeness (QED) is 0.410. The van der Waals surface area contributed by atoms with Crippen LogP contribution in [0, 0.1) is 0 Å². The minimum Gasteiger partial charge on any atom is -0.481 e. The number of likely N-dealkylation sites (tertiary alicyclic amines) is 1. The summed E-state index contributed by atoms with van der Waals surface area (Å²) in [6.45, 7) is 0.574. The van der Waals surface area contributed by atoms with E-state index in [1.807, 2.05) is 0 Å². The first-order valence-electron chi connectivity index (χ1n) is 10.2. The zero-order chi connectivity index (χ0) is 22.1. The van der Waals surface area contributed by atoms with Crippen molar-refractivity contribution in [3.63, 3.8) is 0 Å². The van der Waals surface area contributed by atoms with Crippen molar-refractivity contribution >= 4 is 11.9 Å². The van der Waals surface area contributed by atoms with Crippen molar-refractivity contribution in [2.75, 3.05) is 6.54 Å². The molecule has 0 spiro atoms. The molecule has 0 saturated carbocycles. The highest BCUT2D eigenvalue weighted by Gasteiger charge is 2.30. The minimum atomic E-state index is -4.42. The lowest BCUT2D eigenvalue weighted by molar-refractivity contribution is -0.138. The minimum absolute atomic E-state index is 0.0440. The topological polar surface area (TPSA) is 77.8 Å². The van der Waals surface area contributed by atoms with Gasteiger partial charge in [-0.25, -0.2) is 0 Å². The Balaban J connectivity index is 1.83. The predicted molar refractivity (Wildman–Crippen MR) is 106 cm³/mol. The van der Waals surface area contributed by atoms with Crippen LogP contribution in [0.3, 0.4) is 0 Å². The Morgan fingerprint density at radius 3 is 2.67 bits per heavy atom. The zero-order valence-electron chi connectivity index (χ0n) is 16.8. The largest absolute Gasteiger partial charge is 0.481 e. The van der Waals surface area contributed by atoms with Crippen LogP contribution in [0.5, 0.6) is 0 Å². The summed E-state index contributed by atoms with van der Waals surface area (Å²) in [6.07, 6.45) is 2.26. The van der Waals surface area contributed by atoms with Crippen LogP contribution in [-0.4, -0.2) is 45.7 Å². The van der Waals surface area contributed by atoms with E-state index in [4.69, 9.17) is 5.11 Å². The number of benzene rings is 1. The third-order valence-electron chi connectivity index (χ3n) is 5.17. The number of nitrogens with zero attached hydrogens (tertiary/aromatic N) is 1. The lowest BCUT2D eigenvalue weighted by atomic mass is 10.0. The molecule has 0 aliphatic carbocycles. The molecule has 1 fully saturated rings. The number of hydrogen-bond donors (Lipinski definition) is 2. The maximum absolute atomic E-state index is 12.8. The van der Waals surface area contributed by atoms with Gasteiger partial charge in [0.05, 0.1) is 17.7 Å². The maximum Gasteiger partial charge on any atom is 0.416 e. The number of hydrogen-bond acceptors (Lipinski definition) is 3. The van der Waals surface area contributed by atoms with Crippen LogP contribution in [0.4, 0.5) is 13.2 Å². The van der Waals surface area contributed by atoms with E-state index in [1.165, 1.54) is 6.07 Å². The number of carbonyl (C=O) groups excluding carboxylic acids is 1. The lowest BCUT2D eigenvalue weighted by Gasteiger charge is -2.22. The second-order valence-corrected chi connectivity index (χ2v) is 7.61. The molecule has 0 aromatic heterocycles. The highest BCUT2D eigenvalue weighted by atomic mass is 19.4. The van der Waals surface area contributed by atoms with Crippen LogP contribution in [0.15, 0.2) is 36.4 Å². The number of carboxylic acid groups (broad SMARTS) is 1. The molecule has 1 aromatic rings. The van der Waals surface area contributed by atoms with Crippen LogP contribution in [-0.2, 0) is 22.2 Å². The summed E-state index contributed by atoms with van der Waals surface area (Å²) in [6, 6.07) is 4.76. The third kappa shape index (κ3) is 7.82. The lowest BCUT2D eigenvalue weighted by Crippen LogP contribution is -2.32. The molecule has 8 heteroatoms. The summed E-state index contributed by atoms with van der Waals surface area (Å²) in [7, 11) is 0. The first-order valence-corrected chi connectivity index (χ1v) is 10.2. The van der Waals surface area contributed by atoms with Crippen LogP contribution < -0.4 is 0 Å². The van der Waals surface area contributed by atoms with Gasteiger partial charge in [0.25, 0.3) is 0 Å². The van der Waals surface area contributed by atoms with Gasteiger partial charge in [0, 0.05) is 25.8 Å². The summed E-state index contributed by atoms with van der Waals surface area (Å²) in [5, 5.41) is 18.8. The smallest absolute Gasteiger partial charge is 0.416 e. The average Bonchev–Trinajstić information content (AvgIpc) is 3.02. The van der Waals surface area contributed by atoms with Gasteiger partial charge in [-0.1, -0.05) is 43.2 Å². The van der Waals surface area contributed by atoms with Crippen molar-refractivity contribution in [3.05, 3.63) is 47.5 Å². The van der Waals surface area contributed by atoms with Gasteiger partial charge in [-0.2, -0.15) is 13.2 Å². The number of amides is 1. The van der Waals surface area contributed by atoms with Crippen molar-refractivity contribution < 1.29 is 33.0 Å². The first kappa shape index (κ1) is 23.9. The van der Waals surface area contributed by atoms with Crippen molar-refractivity contribution in [1.29, 1.82) is 0 Å². The van der Waals surface area contributed by atoms with Crippen LogP contribution in [0.25, 0.3) is 0 Å². The normalized spacial score (nSPS) is 18.3. The third-order valence-corrected chi connectivity index (χ3v) is 5.17. The van der Waals surface area contributed by atoms with Crippen molar-refractivity contribution in [1.82, 2.24) is 4.90 Å². The Kier molecular flexibility index (Phi) is 8.89. The van der Waals surface area contributed by atoms with Gasteiger partial charge in [0.15, 0.2) is 0 Å². The Bertz CT molecular complexity index is 748. The monoisotopic (exact) mass is 427 g/mol. The zero-order valence-corrected chi connectivity index (χ0v) is 16.8. The summed E-state index contributed by atoms with van der Waals surface area (Å²) < 4.78 is 38.4. The molecule has 166 valence electrons. The van der Waals surface area contributed by atoms with Gasteiger partial charge in [-0.3, -0.25) is 9.59 Å². The van der Waals surface area contributed by atoms with E-state index < -0.39 is 23.8 Å². The molecular weight excluding hydrogens is 399 g/mol. The van der Waals surface area contributed by atoms with Gasteiger partial charge in [0.2, 0.25) is 5.91 Å². The fourth-order valence-corrected chi connectivity index (χ4v) is 3.60. The van der Waals surface area contributed by atoms with Crippen molar-refractivity contribution in [2.45, 2.75) is 69.7 Å². The molecule has 5 nitrogen and oxygen atoms in total. The number of aliphatic hydroxyl groups is 1. The van der Waals surface area contributed by atoms with Gasteiger partial charge in [-0.05, 0) is 30.9 Å². The van der Waals surface area contributed by atoms with E-state index in [0.717, 1.165) is 31.4 Å². The number of halogens is 3. The molecule has 1 unspecified atom stereocenters. The highest BCUT2D eigenvalue weighted by Crippen LogP contribution is 2.30. The number of alkyl halides is 3. The molecular formula is C22H28F3NO4. The van der Waals surface area contributed by atoms with Crippen LogP contribution >= 0.6 is 0 Å².